The van der Waals surface area contributed by atoms with Crippen molar-refractivity contribution >= 4 is 5.82 Å². The lowest BCUT2D eigenvalue weighted by atomic mass is 10.0. The lowest BCUT2D eigenvalue weighted by Crippen LogP contribution is -2.43. The summed E-state index contributed by atoms with van der Waals surface area (Å²) >= 11 is 0. The molecule has 2 heterocycles. The van der Waals surface area contributed by atoms with Gasteiger partial charge >= 0.3 is 0 Å². The Hall–Kier alpha value is -1.60. The van der Waals surface area contributed by atoms with Crippen LogP contribution in [0.4, 0.5) is 5.82 Å². The Morgan fingerprint density at radius 2 is 2.28 bits per heavy atom. The van der Waals surface area contributed by atoms with Crippen LogP contribution in [0, 0.1) is 17.2 Å². The minimum absolute atomic E-state index is 0.0961. The monoisotopic (exact) mass is 244 g/mol. The fraction of sp³-hybridized carbons (Fsp3) is 0.571. The number of nitrogens with one attached hydrogen (secondary N) is 1. The molecule has 1 fully saturated rings. The molecule has 1 N–H and O–H groups in total. The average Bonchev–Trinajstić information content (AvgIpc) is 2.46. The topological polar surface area (TPSA) is 52.0 Å². The fourth-order valence-electron chi connectivity index (χ4n) is 2.24. The Kier molecular flexibility index (Phi) is 4.54. The van der Waals surface area contributed by atoms with E-state index >= 15 is 0 Å². The molecule has 1 aromatic rings. The molecule has 96 valence electrons. The second kappa shape index (κ2) is 6.36. The Bertz CT molecular complexity index is 390. The van der Waals surface area contributed by atoms with Crippen molar-refractivity contribution in [1.82, 2.24) is 10.3 Å². The minimum Gasteiger partial charge on any atom is -0.357 e. The molecule has 0 spiro atoms. The van der Waals surface area contributed by atoms with Crippen molar-refractivity contribution in [2.24, 2.45) is 5.92 Å². The van der Waals surface area contributed by atoms with Gasteiger partial charge in [-0.05, 0) is 31.9 Å². The predicted molar refractivity (Wildman–Crippen MR) is 72.3 cm³/mol. The summed E-state index contributed by atoms with van der Waals surface area (Å²) in [6, 6.07) is 8.83. The molecule has 1 atom stereocenters. The fourth-order valence-corrected chi connectivity index (χ4v) is 2.24. The maximum absolute atomic E-state index is 8.75. The number of anilines is 1. The number of hydrogen-bond donors (Lipinski definition) is 1. The van der Waals surface area contributed by atoms with E-state index in [4.69, 9.17) is 5.26 Å². The first-order valence-electron chi connectivity index (χ1n) is 6.58. The van der Waals surface area contributed by atoms with Crippen molar-refractivity contribution in [3.8, 4) is 6.07 Å². The third-order valence-corrected chi connectivity index (χ3v) is 3.40. The van der Waals surface area contributed by atoms with Crippen LogP contribution in [0.15, 0.2) is 24.4 Å². The summed E-state index contributed by atoms with van der Waals surface area (Å²) in [4.78, 5) is 6.70. The largest absolute Gasteiger partial charge is 0.357 e. The number of rotatable bonds is 4. The van der Waals surface area contributed by atoms with Crippen LogP contribution in [0.3, 0.4) is 0 Å². The molecule has 1 aromatic heterocycles. The second-order valence-electron chi connectivity index (χ2n) is 4.89. The molecule has 0 aliphatic carbocycles. The number of nitrogens with zero attached hydrogens (tertiary/aromatic N) is 3. The third-order valence-electron chi connectivity index (χ3n) is 3.40. The predicted octanol–water partition coefficient (Wildman–Crippen LogP) is 1.80. The van der Waals surface area contributed by atoms with Gasteiger partial charge in [0.2, 0.25) is 0 Å². The van der Waals surface area contributed by atoms with Crippen LogP contribution in [0.2, 0.25) is 0 Å². The molecule has 1 unspecified atom stereocenters. The molecule has 0 amide bonds. The summed E-state index contributed by atoms with van der Waals surface area (Å²) in [6.45, 7) is 4.83. The molecule has 4 nitrogen and oxygen atoms in total. The van der Waals surface area contributed by atoms with E-state index < -0.39 is 0 Å². The number of pyridine rings is 1. The van der Waals surface area contributed by atoms with Crippen molar-refractivity contribution in [3.05, 3.63) is 24.4 Å². The summed E-state index contributed by atoms with van der Waals surface area (Å²) in [6.07, 6.45) is 4.08. The Morgan fingerprint density at radius 1 is 1.50 bits per heavy atom. The van der Waals surface area contributed by atoms with E-state index in [9.17, 15) is 0 Å². The van der Waals surface area contributed by atoms with Crippen molar-refractivity contribution in [3.63, 3.8) is 0 Å². The molecular formula is C14H20N4. The molecule has 0 bridgehead atoms. The van der Waals surface area contributed by atoms with Gasteiger partial charge in [0.1, 0.15) is 5.82 Å². The van der Waals surface area contributed by atoms with Gasteiger partial charge in [0.15, 0.2) is 0 Å². The van der Waals surface area contributed by atoms with Crippen LogP contribution in [0.25, 0.3) is 0 Å². The molecule has 2 rings (SSSR count). The number of hydrogen-bond acceptors (Lipinski definition) is 4. The minimum atomic E-state index is 0.0961. The summed E-state index contributed by atoms with van der Waals surface area (Å²) < 4.78 is 0. The number of piperidine rings is 1. The van der Waals surface area contributed by atoms with Gasteiger partial charge in [0.25, 0.3) is 0 Å². The SMILES string of the molecule is CC(C#N)CNC1CCN(c2ccccn2)CC1. The molecule has 4 heteroatoms. The van der Waals surface area contributed by atoms with Gasteiger partial charge in [0, 0.05) is 31.9 Å². The first-order valence-corrected chi connectivity index (χ1v) is 6.58. The molecule has 1 aliphatic heterocycles. The Labute approximate surface area is 109 Å². The van der Waals surface area contributed by atoms with Gasteiger partial charge in [-0.15, -0.1) is 0 Å². The average molecular weight is 244 g/mol. The van der Waals surface area contributed by atoms with E-state index in [2.05, 4.69) is 27.3 Å². The molecule has 0 aromatic carbocycles. The molecule has 1 aliphatic rings. The smallest absolute Gasteiger partial charge is 0.128 e. The zero-order valence-corrected chi connectivity index (χ0v) is 10.8. The highest BCUT2D eigenvalue weighted by atomic mass is 15.2. The van der Waals surface area contributed by atoms with E-state index in [1.54, 1.807) is 0 Å². The maximum Gasteiger partial charge on any atom is 0.128 e. The van der Waals surface area contributed by atoms with Crippen LogP contribution < -0.4 is 10.2 Å². The van der Waals surface area contributed by atoms with Crippen LogP contribution in [-0.2, 0) is 0 Å². The zero-order chi connectivity index (χ0) is 12.8. The van der Waals surface area contributed by atoms with Gasteiger partial charge in [0.05, 0.1) is 12.0 Å². The lowest BCUT2D eigenvalue weighted by Gasteiger charge is -2.33. The van der Waals surface area contributed by atoms with E-state index in [1.807, 2.05) is 25.3 Å². The van der Waals surface area contributed by atoms with Gasteiger partial charge in [-0.2, -0.15) is 5.26 Å². The van der Waals surface area contributed by atoms with Gasteiger partial charge in [-0.3, -0.25) is 0 Å². The zero-order valence-electron chi connectivity index (χ0n) is 10.8. The summed E-state index contributed by atoms with van der Waals surface area (Å²) in [5, 5.41) is 12.2. The highest BCUT2D eigenvalue weighted by Gasteiger charge is 2.19. The lowest BCUT2D eigenvalue weighted by molar-refractivity contribution is 0.402. The number of aromatic nitrogens is 1. The van der Waals surface area contributed by atoms with Crippen molar-refractivity contribution in [2.45, 2.75) is 25.8 Å². The highest BCUT2D eigenvalue weighted by Crippen LogP contribution is 2.17. The van der Waals surface area contributed by atoms with E-state index in [0.29, 0.717) is 6.04 Å². The summed E-state index contributed by atoms with van der Waals surface area (Å²) in [5.41, 5.74) is 0. The van der Waals surface area contributed by atoms with Crippen molar-refractivity contribution in [1.29, 1.82) is 5.26 Å². The maximum atomic E-state index is 8.75. The standard InChI is InChI=1S/C14H20N4/c1-12(10-15)11-17-13-5-8-18(9-6-13)14-4-2-3-7-16-14/h2-4,7,12-13,17H,5-6,8-9,11H2,1H3. The molecule has 1 saturated heterocycles. The molecular weight excluding hydrogens is 224 g/mol. The van der Waals surface area contributed by atoms with Crippen molar-refractivity contribution < 1.29 is 0 Å². The third kappa shape index (κ3) is 3.44. The molecule has 0 radical (unpaired) electrons. The van der Waals surface area contributed by atoms with Crippen LogP contribution >= 0.6 is 0 Å². The summed E-state index contributed by atoms with van der Waals surface area (Å²) in [7, 11) is 0. The van der Waals surface area contributed by atoms with Crippen LogP contribution in [0.1, 0.15) is 19.8 Å². The molecule has 18 heavy (non-hydrogen) atoms. The normalized spacial score (nSPS) is 18.3. The van der Waals surface area contributed by atoms with E-state index in [1.165, 1.54) is 0 Å². The van der Waals surface area contributed by atoms with Gasteiger partial charge in [-0.1, -0.05) is 6.07 Å². The first-order chi connectivity index (χ1) is 8.79. The summed E-state index contributed by atoms with van der Waals surface area (Å²) in [5.74, 6) is 1.17. The quantitative estimate of drug-likeness (QED) is 0.877. The van der Waals surface area contributed by atoms with E-state index in [0.717, 1.165) is 38.3 Å². The molecule has 0 saturated carbocycles. The van der Waals surface area contributed by atoms with Crippen LogP contribution in [-0.4, -0.2) is 30.7 Å². The van der Waals surface area contributed by atoms with Crippen LogP contribution in [0.5, 0.6) is 0 Å². The van der Waals surface area contributed by atoms with E-state index in [-0.39, 0.29) is 5.92 Å². The van der Waals surface area contributed by atoms with Gasteiger partial charge in [-0.25, -0.2) is 4.98 Å². The highest BCUT2D eigenvalue weighted by molar-refractivity contribution is 5.38. The second-order valence-corrected chi connectivity index (χ2v) is 4.89. The Morgan fingerprint density at radius 3 is 2.89 bits per heavy atom. The first kappa shape index (κ1) is 12.8. The Balaban J connectivity index is 1.77. The number of nitriles is 1. The van der Waals surface area contributed by atoms with Gasteiger partial charge < -0.3 is 10.2 Å². The van der Waals surface area contributed by atoms with Crippen molar-refractivity contribution in [2.75, 3.05) is 24.5 Å².